The summed E-state index contributed by atoms with van der Waals surface area (Å²) in [6.07, 6.45) is 4.33. The molecule has 1 fully saturated rings. The van der Waals surface area contributed by atoms with Crippen molar-refractivity contribution in [3.8, 4) is 6.07 Å². The van der Waals surface area contributed by atoms with Crippen molar-refractivity contribution >= 4 is 0 Å². The van der Waals surface area contributed by atoms with Gasteiger partial charge in [-0.2, -0.15) is 5.26 Å². The molecule has 0 heterocycles. The number of aliphatic hydroxyl groups is 1. The molecule has 19 heavy (non-hydrogen) atoms. The van der Waals surface area contributed by atoms with Crippen LogP contribution in [0.1, 0.15) is 56.3 Å². The van der Waals surface area contributed by atoms with E-state index in [9.17, 15) is 10.4 Å². The topological polar surface area (TPSA) is 44.0 Å². The van der Waals surface area contributed by atoms with Gasteiger partial charge in [-0.25, -0.2) is 0 Å². The lowest BCUT2D eigenvalue weighted by Crippen LogP contribution is -2.33. The SMILES string of the molecule is CCC1CCCC(C#N)(C(O)c2ccccc2C)C1. The third-order valence-corrected chi connectivity index (χ3v) is 4.69. The van der Waals surface area contributed by atoms with E-state index in [2.05, 4.69) is 13.0 Å². The van der Waals surface area contributed by atoms with Crippen molar-refractivity contribution in [2.75, 3.05) is 0 Å². The highest BCUT2D eigenvalue weighted by Crippen LogP contribution is 2.48. The smallest absolute Gasteiger partial charge is 0.0978 e. The molecule has 2 nitrogen and oxygen atoms in total. The second-order valence-corrected chi connectivity index (χ2v) is 5.90. The molecule has 3 atom stereocenters. The molecule has 0 amide bonds. The molecule has 3 unspecified atom stereocenters. The molecule has 1 aromatic rings. The molecule has 1 aliphatic rings. The Balaban J connectivity index is 2.31. The molecule has 1 aromatic carbocycles. The van der Waals surface area contributed by atoms with E-state index in [1.165, 1.54) is 6.42 Å². The van der Waals surface area contributed by atoms with Crippen LogP contribution in [0, 0.1) is 29.6 Å². The zero-order valence-electron chi connectivity index (χ0n) is 11.9. The minimum atomic E-state index is -0.659. The van der Waals surface area contributed by atoms with E-state index >= 15 is 0 Å². The van der Waals surface area contributed by atoms with Crippen molar-refractivity contribution < 1.29 is 5.11 Å². The monoisotopic (exact) mass is 257 g/mol. The lowest BCUT2D eigenvalue weighted by Gasteiger charge is -2.39. The molecule has 0 radical (unpaired) electrons. The van der Waals surface area contributed by atoms with Crippen molar-refractivity contribution in [1.29, 1.82) is 5.26 Å². The number of rotatable bonds is 3. The average molecular weight is 257 g/mol. The molecule has 0 spiro atoms. The van der Waals surface area contributed by atoms with Gasteiger partial charge in [0.1, 0.15) is 0 Å². The van der Waals surface area contributed by atoms with E-state index in [-0.39, 0.29) is 0 Å². The molecule has 0 saturated heterocycles. The first kappa shape index (κ1) is 14.1. The molecule has 2 rings (SSSR count). The van der Waals surface area contributed by atoms with E-state index in [0.29, 0.717) is 5.92 Å². The number of hydrogen-bond donors (Lipinski definition) is 1. The van der Waals surface area contributed by atoms with Crippen LogP contribution in [0.25, 0.3) is 0 Å². The van der Waals surface area contributed by atoms with Crippen LogP contribution < -0.4 is 0 Å². The van der Waals surface area contributed by atoms with Crippen LogP contribution in [0.3, 0.4) is 0 Å². The fraction of sp³-hybridized carbons (Fsp3) is 0.588. The highest BCUT2D eigenvalue weighted by Gasteiger charge is 2.43. The maximum atomic E-state index is 10.8. The van der Waals surface area contributed by atoms with Crippen LogP contribution in [0.4, 0.5) is 0 Å². The van der Waals surface area contributed by atoms with Crippen molar-refractivity contribution in [3.63, 3.8) is 0 Å². The molecule has 0 aliphatic heterocycles. The number of aliphatic hydroxyl groups excluding tert-OH is 1. The van der Waals surface area contributed by atoms with E-state index in [1.54, 1.807) is 0 Å². The zero-order valence-corrected chi connectivity index (χ0v) is 11.9. The molecular weight excluding hydrogens is 234 g/mol. The summed E-state index contributed by atoms with van der Waals surface area (Å²) in [6, 6.07) is 10.3. The second kappa shape index (κ2) is 5.75. The van der Waals surface area contributed by atoms with Gasteiger partial charge in [0.25, 0.3) is 0 Å². The molecule has 1 aliphatic carbocycles. The van der Waals surface area contributed by atoms with Gasteiger partial charge in [0.05, 0.1) is 17.6 Å². The Morgan fingerprint density at radius 1 is 1.47 bits per heavy atom. The van der Waals surface area contributed by atoms with Gasteiger partial charge in [-0.3, -0.25) is 0 Å². The van der Waals surface area contributed by atoms with E-state index in [0.717, 1.165) is 36.8 Å². The molecular formula is C17H23NO. The quantitative estimate of drug-likeness (QED) is 0.884. The van der Waals surface area contributed by atoms with Gasteiger partial charge in [-0.15, -0.1) is 0 Å². The third-order valence-electron chi connectivity index (χ3n) is 4.69. The van der Waals surface area contributed by atoms with Gasteiger partial charge >= 0.3 is 0 Å². The van der Waals surface area contributed by atoms with E-state index in [1.807, 2.05) is 31.2 Å². The Morgan fingerprint density at radius 2 is 2.21 bits per heavy atom. The van der Waals surface area contributed by atoms with Gasteiger partial charge in [0.15, 0.2) is 0 Å². The first-order valence-electron chi connectivity index (χ1n) is 7.28. The number of aryl methyl sites for hydroxylation is 1. The van der Waals surface area contributed by atoms with Gasteiger partial charge < -0.3 is 5.11 Å². The van der Waals surface area contributed by atoms with Crippen LogP contribution in [-0.2, 0) is 0 Å². The van der Waals surface area contributed by atoms with Crippen molar-refractivity contribution in [2.24, 2.45) is 11.3 Å². The van der Waals surface area contributed by atoms with Crippen LogP contribution in [0.5, 0.6) is 0 Å². The van der Waals surface area contributed by atoms with Crippen LogP contribution in [0.2, 0.25) is 0 Å². The summed E-state index contributed by atoms with van der Waals surface area (Å²) in [5.74, 6) is 0.576. The maximum Gasteiger partial charge on any atom is 0.0978 e. The summed E-state index contributed by atoms with van der Waals surface area (Å²) in [5, 5.41) is 20.4. The van der Waals surface area contributed by atoms with Crippen LogP contribution >= 0.6 is 0 Å². The van der Waals surface area contributed by atoms with E-state index < -0.39 is 11.5 Å². The molecule has 2 heteroatoms. The number of nitrogens with zero attached hydrogens (tertiary/aromatic N) is 1. The number of nitriles is 1. The minimum Gasteiger partial charge on any atom is -0.387 e. The first-order chi connectivity index (χ1) is 9.13. The summed E-state index contributed by atoms with van der Waals surface area (Å²) >= 11 is 0. The van der Waals surface area contributed by atoms with E-state index in [4.69, 9.17) is 0 Å². The minimum absolute atomic E-state index is 0.576. The molecule has 0 aromatic heterocycles. The maximum absolute atomic E-state index is 10.8. The Hall–Kier alpha value is -1.33. The Labute approximate surface area is 116 Å². The molecule has 102 valence electrons. The van der Waals surface area contributed by atoms with Crippen molar-refractivity contribution in [1.82, 2.24) is 0 Å². The zero-order chi connectivity index (χ0) is 13.9. The predicted molar refractivity (Wildman–Crippen MR) is 76.4 cm³/mol. The lowest BCUT2D eigenvalue weighted by molar-refractivity contribution is 0.0181. The molecule has 1 saturated carbocycles. The van der Waals surface area contributed by atoms with Crippen LogP contribution in [0.15, 0.2) is 24.3 Å². The third kappa shape index (κ3) is 2.67. The Kier molecular flexibility index (Phi) is 4.27. The summed E-state index contributed by atoms with van der Waals surface area (Å²) in [7, 11) is 0. The van der Waals surface area contributed by atoms with Gasteiger partial charge in [0.2, 0.25) is 0 Å². The van der Waals surface area contributed by atoms with Crippen LogP contribution in [-0.4, -0.2) is 5.11 Å². The standard InChI is InChI=1S/C17H23NO/c1-3-14-8-6-10-17(11-14,12-18)16(19)15-9-5-4-7-13(15)2/h4-5,7,9,14,16,19H,3,6,8,10-11H2,1-2H3. The normalized spacial score (nSPS) is 28.6. The highest BCUT2D eigenvalue weighted by molar-refractivity contribution is 5.31. The van der Waals surface area contributed by atoms with Crippen molar-refractivity contribution in [3.05, 3.63) is 35.4 Å². The fourth-order valence-corrected chi connectivity index (χ4v) is 3.38. The number of hydrogen-bond acceptors (Lipinski definition) is 2. The van der Waals surface area contributed by atoms with Gasteiger partial charge in [-0.05, 0) is 36.8 Å². The molecule has 1 N–H and O–H groups in total. The average Bonchev–Trinajstić information content (AvgIpc) is 2.47. The summed E-state index contributed by atoms with van der Waals surface area (Å²) in [5.41, 5.74) is 1.40. The fourth-order valence-electron chi connectivity index (χ4n) is 3.38. The first-order valence-corrected chi connectivity index (χ1v) is 7.28. The summed E-state index contributed by atoms with van der Waals surface area (Å²) in [6.45, 7) is 4.18. The summed E-state index contributed by atoms with van der Waals surface area (Å²) < 4.78 is 0. The molecule has 0 bridgehead atoms. The highest BCUT2D eigenvalue weighted by atomic mass is 16.3. The lowest BCUT2D eigenvalue weighted by atomic mass is 9.65. The predicted octanol–water partition coefficient (Wildman–Crippen LogP) is 4.14. The van der Waals surface area contributed by atoms with Gasteiger partial charge in [0, 0.05) is 0 Å². The second-order valence-electron chi connectivity index (χ2n) is 5.90. The Morgan fingerprint density at radius 3 is 2.84 bits per heavy atom. The number of benzene rings is 1. The Bertz CT molecular complexity index is 476. The van der Waals surface area contributed by atoms with Gasteiger partial charge in [-0.1, -0.05) is 50.5 Å². The van der Waals surface area contributed by atoms with Crippen molar-refractivity contribution in [2.45, 2.75) is 52.1 Å². The summed E-state index contributed by atoms with van der Waals surface area (Å²) in [4.78, 5) is 0. The largest absolute Gasteiger partial charge is 0.387 e.